The van der Waals surface area contributed by atoms with Gasteiger partial charge in [0.05, 0.1) is 0 Å². The molecule has 2 aliphatic rings. The lowest BCUT2D eigenvalue weighted by molar-refractivity contribution is -0.0121. The maximum absolute atomic E-state index is 13.7. The summed E-state index contributed by atoms with van der Waals surface area (Å²) in [6.45, 7) is 3.79. The third-order valence-corrected chi connectivity index (χ3v) is 5.83. The number of H-pyrrole nitrogens is 1. The highest BCUT2D eigenvalue weighted by Crippen LogP contribution is 2.38. The van der Waals surface area contributed by atoms with E-state index in [1.807, 2.05) is 26.0 Å². The summed E-state index contributed by atoms with van der Waals surface area (Å²) >= 11 is 0. The Hall–Kier alpha value is -2.64. The van der Waals surface area contributed by atoms with Crippen LogP contribution in [0.4, 0.5) is 25.1 Å². The van der Waals surface area contributed by atoms with Crippen molar-refractivity contribution in [1.29, 1.82) is 0 Å². The molecule has 6 nitrogen and oxygen atoms in total. The lowest BCUT2D eigenvalue weighted by atomic mass is 9.88. The number of carbonyl (C=O) groups is 1. The molecule has 1 amide bonds. The molecule has 2 aliphatic carbocycles. The number of hydrogen-bond donors (Lipinski definition) is 3. The number of carbonyl (C=O) groups excluding carboxylic acids is 1. The molecule has 1 heterocycles. The Kier molecular flexibility index (Phi) is 5.66. The molecule has 30 heavy (non-hydrogen) atoms. The summed E-state index contributed by atoms with van der Waals surface area (Å²) < 4.78 is 32.9. The van der Waals surface area contributed by atoms with Gasteiger partial charge in [0.15, 0.2) is 5.82 Å². The van der Waals surface area contributed by atoms with Crippen molar-refractivity contribution in [2.24, 2.45) is 0 Å². The molecule has 4 rings (SSSR count). The van der Waals surface area contributed by atoms with E-state index < -0.39 is 5.92 Å². The van der Waals surface area contributed by atoms with E-state index in [9.17, 15) is 13.6 Å². The average Bonchev–Trinajstić information content (AvgIpc) is 3.29. The number of benzene rings is 1. The summed E-state index contributed by atoms with van der Waals surface area (Å²) in [5.41, 5.74) is 3.46. The summed E-state index contributed by atoms with van der Waals surface area (Å²) in [5.74, 6) is -1.72. The number of halogens is 2. The van der Waals surface area contributed by atoms with E-state index in [0.717, 1.165) is 36.2 Å². The zero-order chi connectivity index (χ0) is 21.3. The number of amides is 1. The van der Waals surface area contributed by atoms with Gasteiger partial charge in [-0.15, -0.1) is 0 Å². The molecule has 1 saturated carbocycles. The highest BCUT2D eigenvalue weighted by molar-refractivity contribution is 5.67. The molecule has 0 spiro atoms. The molecule has 2 atom stereocenters. The zero-order valence-electron chi connectivity index (χ0n) is 17.3. The second kappa shape index (κ2) is 8.24. The SMILES string of the molecule is CC(C)NC(=O)O[C@@H]1CC[C@H](c2cc(Nc3cccc4c3CCC(F)(F)C4)n[nH]2)C1. The van der Waals surface area contributed by atoms with Crippen LogP contribution in [0.25, 0.3) is 0 Å². The predicted octanol–water partition coefficient (Wildman–Crippen LogP) is 5.05. The monoisotopic (exact) mass is 418 g/mol. The molecule has 0 bridgehead atoms. The maximum atomic E-state index is 13.7. The second-order valence-corrected chi connectivity index (χ2v) is 8.65. The standard InChI is InChI=1S/C22H28F2N4O2/c1-13(2)25-21(29)30-16-7-6-14(10-16)19-11-20(28-27-19)26-18-5-3-4-15-12-22(23,24)9-8-17(15)18/h3-5,11,13-14,16H,6-10,12H2,1-2H3,(H,25,29)(H2,26,27,28)/t14-,16+/m0/s1. The van der Waals surface area contributed by atoms with Crippen LogP contribution in [0.1, 0.15) is 62.3 Å². The molecular formula is C22H28F2N4O2. The van der Waals surface area contributed by atoms with Crippen LogP contribution in [0, 0.1) is 0 Å². The molecule has 1 aromatic carbocycles. The first kappa shape index (κ1) is 20.6. The molecule has 0 radical (unpaired) electrons. The topological polar surface area (TPSA) is 79.0 Å². The number of rotatable bonds is 5. The van der Waals surface area contributed by atoms with Crippen LogP contribution < -0.4 is 10.6 Å². The van der Waals surface area contributed by atoms with E-state index >= 15 is 0 Å². The molecule has 1 fully saturated rings. The number of alkyl carbamates (subject to hydrolysis) is 1. The van der Waals surface area contributed by atoms with Crippen molar-refractivity contribution in [3.63, 3.8) is 0 Å². The van der Waals surface area contributed by atoms with Gasteiger partial charge in [-0.2, -0.15) is 5.10 Å². The Bertz CT molecular complexity index is 912. The van der Waals surface area contributed by atoms with Crippen molar-refractivity contribution in [3.05, 3.63) is 41.1 Å². The van der Waals surface area contributed by atoms with Gasteiger partial charge in [-0.05, 0) is 56.7 Å². The van der Waals surface area contributed by atoms with Gasteiger partial charge in [0.2, 0.25) is 0 Å². The number of aromatic nitrogens is 2. The zero-order valence-corrected chi connectivity index (χ0v) is 17.3. The summed E-state index contributed by atoms with van der Waals surface area (Å²) in [6, 6.07) is 7.49. The fraction of sp³-hybridized carbons (Fsp3) is 0.545. The van der Waals surface area contributed by atoms with Crippen molar-refractivity contribution in [1.82, 2.24) is 15.5 Å². The van der Waals surface area contributed by atoms with E-state index in [2.05, 4.69) is 20.8 Å². The third-order valence-electron chi connectivity index (χ3n) is 5.83. The maximum Gasteiger partial charge on any atom is 0.407 e. The molecule has 8 heteroatoms. The highest BCUT2D eigenvalue weighted by atomic mass is 19.3. The quantitative estimate of drug-likeness (QED) is 0.635. The highest BCUT2D eigenvalue weighted by Gasteiger charge is 2.35. The van der Waals surface area contributed by atoms with Crippen LogP contribution in [0.5, 0.6) is 0 Å². The van der Waals surface area contributed by atoms with Gasteiger partial charge in [-0.1, -0.05) is 12.1 Å². The number of alkyl halides is 2. The van der Waals surface area contributed by atoms with Crippen molar-refractivity contribution in [3.8, 4) is 0 Å². The smallest absolute Gasteiger partial charge is 0.407 e. The Balaban J connectivity index is 1.38. The van der Waals surface area contributed by atoms with Gasteiger partial charge in [-0.3, -0.25) is 5.10 Å². The number of anilines is 2. The number of nitrogens with zero attached hydrogens (tertiary/aromatic N) is 1. The van der Waals surface area contributed by atoms with Crippen LogP contribution in [-0.2, 0) is 17.6 Å². The lowest BCUT2D eigenvalue weighted by Gasteiger charge is -2.26. The number of fused-ring (bicyclic) bond motifs is 1. The predicted molar refractivity (Wildman–Crippen MR) is 110 cm³/mol. The fourth-order valence-corrected chi connectivity index (χ4v) is 4.39. The van der Waals surface area contributed by atoms with E-state index in [1.165, 1.54) is 0 Å². The van der Waals surface area contributed by atoms with E-state index in [1.54, 1.807) is 12.1 Å². The van der Waals surface area contributed by atoms with Gasteiger partial charge >= 0.3 is 6.09 Å². The minimum atomic E-state index is -2.63. The third kappa shape index (κ3) is 4.74. The van der Waals surface area contributed by atoms with E-state index in [0.29, 0.717) is 17.8 Å². The number of hydrogen-bond acceptors (Lipinski definition) is 4. The molecule has 0 saturated heterocycles. The summed E-state index contributed by atoms with van der Waals surface area (Å²) in [4.78, 5) is 11.8. The van der Waals surface area contributed by atoms with E-state index in [4.69, 9.17) is 4.74 Å². The average molecular weight is 418 g/mol. The largest absolute Gasteiger partial charge is 0.446 e. The Labute approximate surface area is 174 Å². The van der Waals surface area contributed by atoms with Crippen LogP contribution in [-0.4, -0.2) is 34.4 Å². The Morgan fingerprint density at radius 2 is 2.17 bits per heavy atom. The van der Waals surface area contributed by atoms with Gasteiger partial charge in [0, 0.05) is 42.2 Å². The molecule has 3 N–H and O–H groups in total. The first-order valence-corrected chi connectivity index (χ1v) is 10.6. The fourth-order valence-electron chi connectivity index (χ4n) is 4.39. The molecule has 2 aromatic rings. The normalized spacial score (nSPS) is 22.6. The molecule has 0 unspecified atom stereocenters. The number of aromatic amines is 1. The molecule has 162 valence electrons. The molecular weight excluding hydrogens is 390 g/mol. The minimum absolute atomic E-state index is 0.0471. The summed E-state index contributed by atoms with van der Waals surface area (Å²) in [6.07, 6.45) is 2.02. The summed E-state index contributed by atoms with van der Waals surface area (Å²) in [5, 5.41) is 13.5. The van der Waals surface area contributed by atoms with Crippen molar-refractivity contribution >= 4 is 17.6 Å². The van der Waals surface area contributed by atoms with Gasteiger partial charge in [-0.25, -0.2) is 13.6 Å². The van der Waals surface area contributed by atoms with Gasteiger partial charge in [0.25, 0.3) is 5.92 Å². The van der Waals surface area contributed by atoms with Crippen LogP contribution in [0.3, 0.4) is 0 Å². The Morgan fingerprint density at radius 1 is 1.33 bits per heavy atom. The first-order chi connectivity index (χ1) is 14.3. The number of ether oxygens (including phenoxy) is 1. The number of nitrogens with one attached hydrogen (secondary N) is 3. The van der Waals surface area contributed by atoms with E-state index in [-0.39, 0.29) is 37.0 Å². The van der Waals surface area contributed by atoms with Crippen LogP contribution in [0.15, 0.2) is 24.3 Å². The molecule has 0 aliphatic heterocycles. The lowest BCUT2D eigenvalue weighted by Crippen LogP contribution is -2.33. The second-order valence-electron chi connectivity index (χ2n) is 8.65. The van der Waals surface area contributed by atoms with Crippen LogP contribution >= 0.6 is 0 Å². The minimum Gasteiger partial charge on any atom is -0.446 e. The van der Waals surface area contributed by atoms with Crippen molar-refractivity contribution in [2.75, 3.05) is 5.32 Å². The van der Waals surface area contributed by atoms with Crippen molar-refractivity contribution < 1.29 is 18.3 Å². The molecule has 1 aromatic heterocycles. The first-order valence-electron chi connectivity index (χ1n) is 10.6. The summed E-state index contributed by atoms with van der Waals surface area (Å²) in [7, 11) is 0. The van der Waals surface area contributed by atoms with Crippen molar-refractivity contribution in [2.45, 2.75) is 76.4 Å². The van der Waals surface area contributed by atoms with Crippen LogP contribution in [0.2, 0.25) is 0 Å². The van der Waals surface area contributed by atoms with Gasteiger partial charge < -0.3 is 15.4 Å². The Morgan fingerprint density at radius 3 is 2.97 bits per heavy atom. The van der Waals surface area contributed by atoms with Gasteiger partial charge in [0.1, 0.15) is 6.10 Å².